The molecule has 0 amide bonds. The van der Waals surface area contributed by atoms with Crippen molar-refractivity contribution in [1.82, 2.24) is 0 Å². The molecule has 0 saturated heterocycles. The number of para-hydroxylation sites is 1. The highest BCUT2D eigenvalue weighted by atomic mass is 35.5. The lowest BCUT2D eigenvalue weighted by Gasteiger charge is -2.18. The fourth-order valence-corrected chi connectivity index (χ4v) is 1.87. The second-order valence-corrected chi connectivity index (χ2v) is 4.38. The molecule has 3 nitrogen and oxygen atoms in total. The molecule has 4 heteroatoms. The summed E-state index contributed by atoms with van der Waals surface area (Å²) in [7, 11) is 1.53. The average molecular weight is 241 g/mol. The van der Waals surface area contributed by atoms with Gasteiger partial charge in [0.2, 0.25) is 0 Å². The molecule has 1 aromatic heterocycles. The molecular weight excluding hydrogens is 228 g/mol. The van der Waals surface area contributed by atoms with Crippen LogP contribution in [-0.4, -0.2) is 18.8 Å². The summed E-state index contributed by atoms with van der Waals surface area (Å²) in [6.45, 7) is 1.81. The minimum Gasteiger partial charge on any atom is -0.456 e. The van der Waals surface area contributed by atoms with E-state index in [9.17, 15) is 5.11 Å². The van der Waals surface area contributed by atoms with Crippen molar-refractivity contribution in [3.05, 3.63) is 35.0 Å². The van der Waals surface area contributed by atoms with Crippen LogP contribution in [0.25, 0.3) is 11.0 Å². The number of fused-ring (bicyclic) bond motifs is 1. The van der Waals surface area contributed by atoms with Gasteiger partial charge in [0.25, 0.3) is 0 Å². The standard InChI is InChI=1S/C12H13ClO3/c1-12(14,7-15-2)10-6-8-4-3-5-9(13)11(8)16-10/h3-6,14H,7H2,1-2H3. The van der Waals surface area contributed by atoms with E-state index in [0.717, 1.165) is 5.39 Å². The summed E-state index contributed by atoms with van der Waals surface area (Å²) in [6.07, 6.45) is 0. The van der Waals surface area contributed by atoms with E-state index >= 15 is 0 Å². The van der Waals surface area contributed by atoms with Crippen molar-refractivity contribution in [3.8, 4) is 0 Å². The monoisotopic (exact) mass is 240 g/mol. The van der Waals surface area contributed by atoms with Gasteiger partial charge < -0.3 is 14.3 Å². The molecular formula is C12H13ClO3. The van der Waals surface area contributed by atoms with E-state index < -0.39 is 5.60 Å². The maximum atomic E-state index is 10.1. The lowest BCUT2D eigenvalue weighted by Crippen LogP contribution is -2.26. The Morgan fingerprint density at radius 1 is 1.50 bits per heavy atom. The van der Waals surface area contributed by atoms with Gasteiger partial charge >= 0.3 is 0 Å². The number of benzene rings is 1. The molecule has 0 spiro atoms. The minimum absolute atomic E-state index is 0.171. The summed E-state index contributed by atoms with van der Waals surface area (Å²) in [5.41, 5.74) is -0.549. The summed E-state index contributed by atoms with van der Waals surface area (Å²) < 4.78 is 10.5. The summed E-state index contributed by atoms with van der Waals surface area (Å²) in [4.78, 5) is 0. The number of halogens is 1. The molecule has 2 aromatic rings. The van der Waals surface area contributed by atoms with E-state index in [1.54, 1.807) is 19.1 Å². The highest BCUT2D eigenvalue weighted by molar-refractivity contribution is 6.34. The molecule has 1 unspecified atom stereocenters. The van der Waals surface area contributed by atoms with Gasteiger partial charge in [-0.25, -0.2) is 0 Å². The Labute approximate surface area is 98.6 Å². The van der Waals surface area contributed by atoms with Crippen LogP contribution in [0.1, 0.15) is 12.7 Å². The molecule has 1 heterocycles. The fraction of sp³-hybridized carbons (Fsp3) is 0.333. The molecule has 0 aliphatic heterocycles. The number of furan rings is 1. The van der Waals surface area contributed by atoms with Crippen molar-refractivity contribution in [3.63, 3.8) is 0 Å². The van der Waals surface area contributed by atoms with E-state index in [0.29, 0.717) is 16.4 Å². The largest absolute Gasteiger partial charge is 0.456 e. The maximum absolute atomic E-state index is 10.1. The van der Waals surface area contributed by atoms with Gasteiger partial charge in [0.1, 0.15) is 11.4 Å². The van der Waals surface area contributed by atoms with Gasteiger partial charge in [0.05, 0.1) is 11.6 Å². The number of methoxy groups -OCH3 is 1. The van der Waals surface area contributed by atoms with Crippen molar-refractivity contribution < 1.29 is 14.3 Å². The van der Waals surface area contributed by atoms with Gasteiger partial charge in [-0.3, -0.25) is 0 Å². The van der Waals surface area contributed by atoms with Gasteiger partial charge in [-0.1, -0.05) is 23.7 Å². The first-order chi connectivity index (χ1) is 7.54. The quantitative estimate of drug-likeness (QED) is 0.897. The SMILES string of the molecule is COCC(C)(O)c1cc2cccc(Cl)c2o1. The number of hydrogen-bond donors (Lipinski definition) is 1. The lowest BCUT2D eigenvalue weighted by molar-refractivity contribution is -0.0349. The number of ether oxygens (including phenoxy) is 1. The van der Waals surface area contributed by atoms with Crippen LogP contribution in [0.5, 0.6) is 0 Å². The third-order valence-electron chi connectivity index (χ3n) is 2.45. The molecule has 86 valence electrons. The minimum atomic E-state index is -1.14. The van der Waals surface area contributed by atoms with Crippen LogP contribution >= 0.6 is 11.6 Å². The fourth-order valence-electron chi connectivity index (χ4n) is 1.65. The van der Waals surface area contributed by atoms with Crippen LogP contribution in [0.3, 0.4) is 0 Å². The molecule has 0 aliphatic carbocycles. The Hall–Kier alpha value is -1.03. The number of rotatable bonds is 3. The average Bonchev–Trinajstić information content (AvgIpc) is 2.63. The van der Waals surface area contributed by atoms with Crippen LogP contribution in [-0.2, 0) is 10.3 Å². The van der Waals surface area contributed by atoms with Crippen LogP contribution in [0.15, 0.2) is 28.7 Å². The Balaban J connectivity index is 2.51. The highest BCUT2D eigenvalue weighted by Gasteiger charge is 2.27. The van der Waals surface area contributed by atoms with E-state index in [2.05, 4.69) is 0 Å². The summed E-state index contributed by atoms with van der Waals surface area (Å²) >= 11 is 5.99. The molecule has 1 atom stereocenters. The molecule has 0 saturated carbocycles. The topological polar surface area (TPSA) is 42.6 Å². The number of hydrogen-bond acceptors (Lipinski definition) is 3. The first kappa shape index (κ1) is 11.5. The van der Waals surface area contributed by atoms with Crippen LogP contribution in [0, 0.1) is 0 Å². The second kappa shape index (κ2) is 4.09. The van der Waals surface area contributed by atoms with E-state index in [-0.39, 0.29) is 6.61 Å². The van der Waals surface area contributed by atoms with Crippen molar-refractivity contribution >= 4 is 22.6 Å². The van der Waals surface area contributed by atoms with Gasteiger partial charge in [-0.15, -0.1) is 0 Å². The number of aliphatic hydroxyl groups is 1. The second-order valence-electron chi connectivity index (χ2n) is 3.98. The molecule has 0 bridgehead atoms. The molecule has 0 radical (unpaired) electrons. The van der Waals surface area contributed by atoms with Gasteiger partial charge in [0, 0.05) is 12.5 Å². The van der Waals surface area contributed by atoms with Crippen molar-refractivity contribution in [2.24, 2.45) is 0 Å². The molecule has 16 heavy (non-hydrogen) atoms. The zero-order valence-electron chi connectivity index (χ0n) is 9.16. The Morgan fingerprint density at radius 3 is 2.88 bits per heavy atom. The molecule has 0 fully saturated rings. The molecule has 1 N–H and O–H groups in total. The van der Waals surface area contributed by atoms with E-state index in [1.807, 2.05) is 12.1 Å². The zero-order valence-corrected chi connectivity index (χ0v) is 9.91. The molecule has 2 rings (SSSR count). The van der Waals surface area contributed by atoms with E-state index in [4.69, 9.17) is 20.8 Å². The first-order valence-corrected chi connectivity index (χ1v) is 5.32. The molecule has 1 aromatic carbocycles. The Bertz CT molecular complexity index is 502. The highest BCUT2D eigenvalue weighted by Crippen LogP contribution is 2.31. The van der Waals surface area contributed by atoms with Gasteiger partial charge in [-0.05, 0) is 19.1 Å². The normalized spacial score (nSPS) is 15.2. The summed E-state index contributed by atoms with van der Waals surface area (Å²) in [5, 5.41) is 11.5. The Morgan fingerprint density at radius 2 is 2.25 bits per heavy atom. The summed E-state index contributed by atoms with van der Waals surface area (Å²) in [6, 6.07) is 7.26. The summed E-state index contributed by atoms with van der Waals surface area (Å²) in [5.74, 6) is 0.456. The zero-order chi connectivity index (χ0) is 11.8. The maximum Gasteiger partial charge on any atom is 0.153 e. The third-order valence-corrected chi connectivity index (χ3v) is 2.75. The van der Waals surface area contributed by atoms with Gasteiger partial charge in [0.15, 0.2) is 5.58 Å². The third kappa shape index (κ3) is 1.94. The Kier molecular flexibility index (Phi) is 2.93. The van der Waals surface area contributed by atoms with Crippen LogP contribution in [0.4, 0.5) is 0 Å². The van der Waals surface area contributed by atoms with Crippen LogP contribution in [0.2, 0.25) is 5.02 Å². The van der Waals surface area contributed by atoms with Crippen molar-refractivity contribution in [1.29, 1.82) is 0 Å². The molecule has 0 aliphatic rings. The predicted octanol–water partition coefficient (Wildman–Crippen LogP) is 2.94. The van der Waals surface area contributed by atoms with Crippen molar-refractivity contribution in [2.75, 3.05) is 13.7 Å². The first-order valence-electron chi connectivity index (χ1n) is 4.94. The predicted molar refractivity (Wildman–Crippen MR) is 62.7 cm³/mol. The van der Waals surface area contributed by atoms with Crippen molar-refractivity contribution in [2.45, 2.75) is 12.5 Å². The lowest BCUT2D eigenvalue weighted by atomic mass is 10.1. The smallest absolute Gasteiger partial charge is 0.153 e. The van der Waals surface area contributed by atoms with Crippen LogP contribution < -0.4 is 0 Å². The van der Waals surface area contributed by atoms with E-state index in [1.165, 1.54) is 7.11 Å². The van der Waals surface area contributed by atoms with Gasteiger partial charge in [-0.2, -0.15) is 0 Å².